The normalized spacial score (nSPS) is 16.2. The maximum Gasteiger partial charge on any atom is 0.308 e. The lowest BCUT2D eigenvalue weighted by molar-refractivity contribution is -0.131. The van der Waals surface area contributed by atoms with Crippen LogP contribution in [0.5, 0.6) is 5.75 Å². The van der Waals surface area contributed by atoms with Crippen LogP contribution in [0.2, 0.25) is 0 Å². The van der Waals surface area contributed by atoms with Crippen LogP contribution in [0.25, 0.3) is 0 Å². The van der Waals surface area contributed by atoms with Crippen molar-refractivity contribution in [1.82, 2.24) is 4.90 Å². The number of benzene rings is 1. The van der Waals surface area contributed by atoms with Gasteiger partial charge in [-0.05, 0) is 43.0 Å². The summed E-state index contributed by atoms with van der Waals surface area (Å²) >= 11 is 0. The molecule has 1 aliphatic rings. The quantitative estimate of drug-likeness (QED) is 0.607. The van der Waals surface area contributed by atoms with Crippen molar-refractivity contribution in [2.75, 3.05) is 13.1 Å². The molecule has 0 bridgehead atoms. The number of piperidine rings is 1. The highest BCUT2D eigenvalue weighted by molar-refractivity contribution is 5.94. The minimum absolute atomic E-state index is 0.0567. The van der Waals surface area contributed by atoms with E-state index in [1.54, 1.807) is 24.3 Å². The van der Waals surface area contributed by atoms with E-state index in [1.165, 1.54) is 6.92 Å². The highest BCUT2D eigenvalue weighted by atomic mass is 16.5. The zero-order chi connectivity index (χ0) is 13.8. The number of ether oxygens (including phenoxy) is 1. The Morgan fingerprint density at radius 2 is 1.74 bits per heavy atom. The number of likely N-dealkylation sites (tertiary alicyclic amines) is 1. The zero-order valence-electron chi connectivity index (χ0n) is 11.4. The average molecular weight is 261 g/mol. The topological polar surface area (TPSA) is 46.6 Å². The van der Waals surface area contributed by atoms with Crippen LogP contribution in [0, 0.1) is 5.92 Å². The van der Waals surface area contributed by atoms with E-state index in [1.807, 2.05) is 4.90 Å². The molecule has 1 aromatic rings. The maximum atomic E-state index is 12.3. The van der Waals surface area contributed by atoms with Gasteiger partial charge in [0, 0.05) is 25.6 Å². The molecule has 0 N–H and O–H groups in total. The number of carbonyl (C=O) groups is 2. The first kappa shape index (κ1) is 13.6. The molecule has 0 radical (unpaired) electrons. The summed E-state index contributed by atoms with van der Waals surface area (Å²) in [6.45, 7) is 5.22. The molecule has 1 aliphatic heterocycles. The van der Waals surface area contributed by atoms with Crippen LogP contribution in [0.4, 0.5) is 0 Å². The van der Waals surface area contributed by atoms with Gasteiger partial charge < -0.3 is 9.64 Å². The van der Waals surface area contributed by atoms with Gasteiger partial charge in [0.25, 0.3) is 5.91 Å². The number of hydrogen-bond acceptors (Lipinski definition) is 3. The zero-order valence-corrected chi connectivity index (χ0v) is 11.4. The van der Waals surface area contributed by atoms with Crippen molar-refractivity contribution >= 4 is 11.9 Å². The predicted octanol–water partition coefficient (Wildman–Crippen LogP) is 2.48. The van der Waals surface area contributed by atoms with Gasteiger partial charge in [-0.15, -0.1) is 0 Å². The Labute approximate surface area is 113 Å². The van der Waals surface area contributed by atoms with Crippen molar-refractivity contribution in [3.05, 3.63) is 29.8 Å². The minimum Gasteiger partial charge on any atom is -0.427 e. The Morgan fingerprint density at radius 3 is 2.26 bits per heavy atom. The molecule has 4 heteroatoms. The summed E-state index contributed by atoms with van der Waals surface area (Å²) in [5.74, 6) is 0.872. The lowest BCUT2D eigenvalue weighted by Crippen LogP contribution is -2.37. The molecule has 4 nitrogen and oxygen atoms in total. The van der Waals surface area contributed by atoms with Gasteiger partial charge >= 0.3 is 5.97 Å². The Morgan fingerprint density at radius 1 is 1.16 bits per heavy atom. The fraction of sp³-hybridized carbons (Fsp3) is 0.467. The molecule has 1 amide bonds. The van der Waals surface area contributed by atoms with E-state index in [4.69, 9.17) is 4.74 Å². The first-order chi connectivity index (χ1) is 9.06. The van der Waals surface area contributed by atoms with Gasteiger partial charge in [0.05, 0.1) is 0 Å². The summed E-state index contributed by atoms with van der Waals surface area (Å²) < 4.78 is 4.94. The first-order valence-electron chi connectivity index (χ1n) is 6.64. The Balaban J connectivity index is 2.01. The predicted molar refractivity (Wildman–Crippen MR) is 72.1 cm³/mol. The molecule has 0 spiro atoms. The van der Waals surface area contributed by atoms with Crippen molar-refractivity contribution in [1.29, 1.82) is 0 Å². The van der Waals surface area contributed by atoms with Crippen LogP contribution in [0.3, 0.4) is 0 Å². The van der Waals surface area contributed by atoms with Gasteiger partial charge in [0.1, 0.15) is 5.75 Å². The number of nitrogens with zero attached hydrogens (tertiary/aromatic N) is 1. The van der Waals surface area contributed by atoms with Crippen molar-refractivity contribution in [3.8, 4) is 5.75 Å². The molecule has 102 valence electrons. The standard InChI is InChI=1S/C15H19NO3/c1-11-7-9-16(10-8-11)15(18)13-3-5-14(6-4-13)19-12(2)17/h3-6,11H,7-10H2,1-2H3. The van der Waals surface area contributed by atoms with Crippen molar-refractivity contribution < 1.29 is 14.3 Å². The Kier molecular flexibility index (Phi) is 4.20. The summed E-state index contributed by atoms with van der Waals surface area (Å²) in [4.78, 5) is 25.0. The minimum atomic E-state index is -0.357. The maximum absolute atomic E-state index is 12.3. The van der Waals surface area contributed by atoms with E-state index >= 15 is 0 Å². The van der Waals surface area contributed by atoms with Gasteiger partial charge in [-0.2, -0.15) is 0 Å². The molecule has 2 rings (SSSR count). The van der Waals surface area contributed by atoms with Gasteiger partial charge in [-0.25, -0.2) is 0 Å². The smallest absolute Gasteiger partial charge is 0.308 e. The van der Waals surface area contributed by atoms with Crippen LogP contribution >= 0.6 is 0 Å². The SMILES string of the molecule is CC(=O)Oc1ccc(C(=O)N2CCC(C)CC2)cc1. The van der Waals surface area contributed by atoms with Crippen LogP contribution in [0.1, 0.15) is 37.0 Å². The summed E-state index contributed by atoms with van der Waals surface area (Å²) in [5, 5.41) is 0. The second-order valence-corrected chi connectivity index (χ2v) is 5.09. The van der Waals surface area contributed by atoms with Crippen LogP contribution in [-0.2, 0) is 4.79 Å². The van der Waals surface area contributed by atoms with E-state index in [9.17, 15) is 9.59 Å². The highest BCUT2D eigenvalue weighted by Gasteiger charge is 2.21. The molecule has 0 aliphatic carbocycles. The fourth-order valence-electron chi connectivity index (χ4n) is 2.23. The van der Waals surface area contributed by atoms with Crippen molar-refractivity contribution in [2.24, 2.45) is 5.92 Å². The molecule has 1 fully saturated rings. The average Bonchev–Trinajstić information content (AvgIpc) is 2.39. The van der Waals surface area contributed by atoms with E-state index in [2.05, 4.69) is 6.92 Å². The third-order valence-electron chi connectivity index (χ3n) is 3.43. The van der Waals surface area contributed by atoms with E-state index in [0.29, 0.717) is 17.2 Å². The first-order valence-corrected chi connectivity index (χ1v) is 6.64. The molecule has 0 aromatic heterocycles. The van der Waals surface area contributed by atoms with Crippen LogP contribution < -0.4 is 4.74 Å². The summed E-state index contributed by atoms with van der Waals surface area (Å²) in [7, 11) is 0. The van der Waals surface area contributed by atoms with Crippen LogP contribution in [0.15, 0.2) is 24.3 Å². The molecule has 0 saturated carbocycles. The lowest BCUT2D eigenvalue weighted by Gasteiger charge is -2.30. The summed E-state index contributed by atoms with van der Waals surface area (Å²) in [5.41, 5.74) is 0.644. The van der Waals surface area contributed by atoms with Gasteiger partial charge in [-0.1, -0.05) is 6.92 Å². The second kappa shape index (κ2) is 5.87. The number of carbonyl (C=O) groups excluding carboxylic acids is 2. The summed E-state index contributed by atoms with van der Waals surface area (Å²) in [6, 6.07) is 6.72. The van der Waals surface area contributed by atoms with Crippen molar-refractivity contribution in [2.45, 2.75) is 26.7 Å². The highest BCUT2D eigenvalue weighted by Crippen LogP contribution is 2.19. The van der Waals surface area contributed by atoms with Crippen LogP contribution in [-0.4, -0.2) is 29.9 Å². The van der Waals surface area contributed by atoms with E-state index in [0.717, 1.165) is 25.9 Å². The fourth-order valence-corrected chi connectivity index (χ4v) is 2.23. The number of hydrogen-bond donors (Lipinski definition) is 0. The monoisotopic (exact) mass is 261 g/mol. The molecule has 1 heterocycles. The number of esters is 1. The van der Waals surface area contributed by atoms with Gasteiger partial charge in [-0.3, -0.25) is 9.59 Å². The Hall–Kier alpha value is -1.84. The Bertz CT molecular complexity index is 459. The lowest BCUT2D eigenvalue weighted by atomic mass is 9.98. The third kappa shape index (κ3) is 3.56. The van der Waals surface area contributed by atoms with E-state index in [-0.39, 0.29) is 11.9 Å². The molecule has 1 saturated heterocycles. The molecule has 0 atom stereocenters. The molecule has 19 heavy (non-hydrogen) atoms. The molecule has 0 unspecified atom stereocenters. The largest absolute Gasteiger partial charge is 0.427 e. The second-order valence-electron chi connectivity index (χ2n) is 5.09. The number of amides is 1. The van der Waals surface area contributed by atoms with Crippen molar-refractivity contribution in [3.63, 3.8) is 0 Å². The third-order valence-corrected chi connectivity index (χ3v) is 3.43. The molecular weight excluding hydrogens is 242 g/mol. The number of rotatable bonds is 2. The molecular formula is C15H19NO3. The van der Waals surface area contributed by atoms with Gasteiger partial charge in [0.2, 0.25) is 0 Å². The van der Waals surface area contributed by atoms with Gasteiger partial charge in [0.15, 0.2) is 0 Å². The molecule has 1 aromatic carbocycles. The summed E-state index contributed by atoms with van der Waals surface area (Å²) in [6.07, 6.45) is 2.13. The van der Waals surface area contributed by atoms with E-state index < -0.39 is 0 Å².